The predicted octanol–water partition coefficient (Wildman–Crippen LogP) is 0.372. The lowest BCUT2D eigenvalue weighted by atomic mass is 10.0. The fraction of sp³-hybridized carbons (Fsp3) is 0.889. The van der Waals surface area contributed by atoms with Gasteiger partial charge >= 0.3 is 6.03 Å². The van der Waals surface area contributed by atoms with Crippen molar-refractivity contribution in [3.05, 3.63) is 0 Å². The number of carbonyl (C=O) groups excluding carboxylic acids is 1. The van der Waals surface area contributed by atoms with Gasteiger partial charge in [-0.25, -0.2) is 4.79 Å². The number of rotatable bonds is 3. The minimum Gasteiger partial charge on any atom is -0.396 e. The van der Waals surface area contributed by atoms with Gasteiger partial charge in [-0.15, -0.1) is 0 Å². The lowest BCUT2D eigenvalue weighted by molar-refractivity contribution is 0.0608. The van der Waals surface area contributed by atoms with Gasteiger partial charge in [0.15, 0.2) is 0 Å². The van der Waals surface area contributed by atoms with Crippen LogP contribution in [0.2, 0.25) is 0 Å². The molecule has 0 aromatic heterocycles. The van der Waals surface area contributed by atoms with Crippen molar-refractivity contribution < 1.29 is 9.90 Å². The van der Waals surface area contributed by atoms with Gasteiger partial charge in [0.05, 0.1) is 0 Å². The Morgan fingerprint density at radius 1 is 1.46 bits per heavy atom. The van der Waals surface area contributed by atoms with Gasteiger partial charge in [0.2, 0.25) is 0 Å². The molecule has 1 rings (SSSR count). The lowest BCUT2D eigenvalue weighted by Crippen LogP contribution is -2.55. The highest BCUT2D eigenvalue weighted by molar-refractivity contribution is 5.75. The highest BCUT2D eigenvalue weighted by Crippen LogP contribution is 2.16. The molecule has 0 saturated carbocycles. The normalized spacial score (nSPS) is 17.0. The summed E-state index contributed by atoms with van der Waals surface area (Å²) in [6.07, 6.45) is 0. The zero-order valence-corrected chi connectivity index (χ0v) is 8.36. The molecule has 1 aliphatic rings. The molecule has 0 aliphatic carbocycles. The van der Waals surface area contributed by atoms with E-state index in [1.807, 2.05) is 13.8 Å². The van der Waals surface area contributed by atoms with E-state index < -0.39 is 0 Å². The first-order chi connectivity index (χ1) is 6.22. The molecule has 13 heavy (non-hydrogen) atoms. The fourth-order valence-electron chi connectivity index (χ4n) is 1.54. The summed E-state index contributed by atoms with van der Waals surface area (Å²) in [6, 6.07) is 0.106. The van der Waals surface area contributed by atoms with Crippen molar-refractivity contribution in [3.63, 3.8) is 0 Å². The largest absolute Gasteiger partial charge is 0.396 e. The minimum atomic E-state index is 0.106. The minimum absolute atomic E-state index is 0.106. The molecule has 1 saturated heterocycles. The Balaban J connectivity index is 2.33. The first kappa shape index (κ1) is 10.3. The molecular formula is C9H18N2O2. The third-order valence-corrected chi connectivity index (χ3v) is 2.52. The zero-order valence-electron chi connectivity index (χ0n) is 8.36. The van der Waals surface area contributed by atoms with Crippen LogP contribution in [0.5, 0.6) is 0 Å². The Kier molecular flexibility index (Phi) is 3.54. The summed E-state index contributed by atoms with van der Waals surface area (Å²) in [7, 11) is 0. The molecule has 4 nitrogen and oxygen atoms in total. The van der Waals surface area contributed by atoms with E-state index in [0.29, 0.717) is 19.0 Å². The van der Waals surface area contributed by atoms with Gasteiger partial charge in [-0.2, -0.15) is 0 Å². The summed E-state index contributed by atoms with van der Waals surface area (Å²) in [5, 5.41) is 8.79. The molecule has 0 atom stereocenters. The van der Waals surface area contributed by atoms with Crippen molar-refractivity contribution in [1.82, 2.24) is 9.80 Å². The average Bonchev–Trinajstić information content (AvgIpc) is 2.04. The molecule has 1 heterocycles. The Morgan fingerprint density at radius 2 is 2.00 bits per heavy atom. The number of hydrogen-bond acceptors (Lipinski definition) is 2. The highest BCUT2D eigenvalue weighted by Gasteiger charge is 2.31. The molecular weight excluding hydrogens is 168 g/mol. The summed E-state index contributed by atoms with van der Waals surface area (Å²) in [4.78, 5) is 15.2. The van der Waals surface area contributed by atoms with E-state index in [9.17, 15) is 4.79 Å². The van der Waals surface area contributed by atoms with Gasteiger partial charge in [0, 0.05) is 38.7 Å². The molecule has 76 valence electrons. The van der Waals surface area contributed by atoms with Crippen LogP contribution in [-0.2, 0) is 0 Å². The van der Waals surface area contributed by atoms with Gasteiger partial charge in [0.1, 0.15) is 0 Å². The molecule has 0 unspecified atom stereocenters. The number of likely N-dealkylation sites (tertiary alicyclic amines) is 1. The maximum Gasteiger partial charge on any atom is 0.320 e. The third kappa shape index (κ3) is 2.12. The quantitative estimate of drug-likeness (QED) is 0.692. The summed E-state index contributed by atoms with van der Waals surface area (Å²) in [5.74, 6) is 0.305. The fourth-order valence-corrected chi connectivity index (χ4v) is 1.54. The Hall–Kier alpha value is -0.770. The molecule has 1 aliphatic heterocycles. The van der Waals surface area contributed by atoms with Crippen LogP contribution in [0.4, 0.5) is 4.79 Å². The number of aliphatic hydroxyl groups is 1. The average molecular weight is 186 g/mol. The number of amides is 2. The van der Waals surface area contributed by atoms with E-state index in [1.165, 1.54) is 0 Å². The van der Waals surface area contributed by atoms with Crippen molar-refractivity contribution in [2.24, 2.45) is 5.92 Å². The van der Waals surface area contributed by atoms with Crippen molar-refractivity contribution in [3.8, 4) is 0 Å². The van der Waals surface area contributed by atoms with Crippen molar-refractivity contribution in [2.75, 3.05) is 32.8 Å². The molecule has 0 aromatic carbocycles. The number of hydrogen-bond donors (Lipinski definition) is 1. The van der Waals surface area contributed by atoms with E-state index in [4.69, 9.17) is 5.11 Å². The van der Waals surface area contributed by atoms with Gasteiger partial charge in [0.25, 0.3) is 0 Å². The molecule has 0 radical (unpaired) electrons. The van der Waals surface area contributed by atoms with E-state index in [1.54, 1.807) is 9.80 Å². The number of aliphatic hydroxyl groups excluding tert-OH is 1. The van der Waals surface area contributed by atoms with Crippen LogP contribution >= 0.6 is 0 Å². The van der Waals surface area contributed by atoms with Crippen molar-refractivity contribution >= 4 is 6.03 Å². The number of nitrogens with zero attached hydrogens (tertiary/aromatic N) is 2. The molecule has 0 spiro atoms. The standard InChI is InChI=1S/C9H18N2O2/c1-3-10(4-2)9(13)11-5-8(6-11)7-12/h8,12H,3-7H2,1-2H3. The number of urea groups is 1. The number of carbonyl (C=O) groups is 1. The SMILES string of the molecule is CCN(CC)C(=O)N1CC(CO)C1. The molecule has 0 bridgehead atoms. The van der Waals surface area contributed by atoms with Crippen LogP contribution in [-0.4, -0.2) is 53.7 Å². The second-order valence-electron chi connectivity index (χ2n) is 3.41. The third-order valence-electron chi connectivity index (χ3n) is 2.52. The second kappa shape index (κ2) is 4.46. The van der Waals surface area contributed by atoms with E-state index in [-0.39, 0.29) is 12.6 Å². The highest BCUT2D eigenvalue weighted by atomic mass is 16.3. The first-order valence-electron chi connectivity index (χ1n) is 4.87. The topological polar surface area (TPSA) is 43.8 Å². The Labute approximate surface area is 79.1 Å². The van der Waals surface area contributed by atoms with Crippen LogP contribution in [0.15, 0.2) is 0 Å². The second-order valence-corrected chi connectivity index (χ2v) is 3.41. The van der Waals surface area contributed by atoms with Crippen LogP contribution in [0.3, 0.4) is 0 Å². The van der Waals surface area contributed by atoms with Crippen LogP contribution in [0, 0.1) is 5.92 Å². The van der Waals surface area contributed by atoms with Crippen LogP contribution in [0.25, 0.3) is 0 Å². The molecule has 4 heteroatoms. The van der Waals surface area contributed by atoms with E-state index >= 15 is 0 Å². The zero-order chi connectivity index (χ0) is 9.84. The Bertz CT molecular complexity index is 174. The monoisotopic (exact) mass is 186 g/mol. The first-order valence-corrected chi connectivity index (χ1v) is 4.87. The maximum absolute atomic E-state index is 11.6. The molecule has 1 N–H and O–H groups in total. The summed E-state index contributed by atoms with van der Waals surface area (Å²) >= 11 is 0. The van der Waals surface area contributed by atoms with E-state index in [0.717, 1.165) is 13.1 Å². The van der Waals surface area contributed by atoms with Gasteiger partial charge < -0.3 is 14.9 Å². The summed E-state index contributed by atoms with van der Waals surface area (Å²) < 4.78 is 0. The predicted molar refractivity (Wildman–Crippen MR) is 50.5 cm³/mol. The van der Waals surface area contributed by atoms with Crippen LogP contribution < -0.4 is 0 Å². The van der Waals surface area contributed by atoms with Crippen molar-refractivity contribution in [2.45, 2.75) is 13.8 Å². The van der Waals surface area contributed by atoms with Gasteiger partial charge in [-0.1, -0.05) is 0 Å². The molecule has 2 amide bonds. The summed E-state index contributed by atoms with van der Waals surface area (Å²) in [6.45, 7) is 7.10. The van der Waals surface area contributed by atoms with Gasteiger partial charge in [-0.3, -0.25) is 0 Å². The molecule has 1 fully saturated rings. The molecule has 0 aromatic rings. The lowest BCUT2D eigenvalue weighted by Gasteiger charge is -2.40. The maximum atomic E-state index is 11.6. The van der Waals surface area contributed by atoms with Gasteiger partial charge in [-0.05, 0) is 13.8 Å². The Morgan fingerprint density at radius 3 is 2.38 bits per heavy atom. The van der Waals surface area contributed by atoms with Crippen LogP contribution in [0.1, 0.15) is 13.8 Å². The van der Waals surface area contributed by atoms with Crippen molar-refractivity contribution in [1.29, 1.82) is 0 Å². The summed E-state index contributed by atoms with van der Waals surface area (Å²) in [5.41, 5.74) is 0. The smallest absolute Gasteiger partial charge is 0.320 e. The van der Waals surface area contributed by atoms with E-state index in [2.05, 4.69) is 0 Å².